The van der Waals surface area contributed by atoms with Gasteiger partial charge in [-0.15, -0.1) is 4.83 Å². The molecule has 0 spiro atoms. The van der Waals surface area contributed by atoms with Crippen LogP contribution in [0.5, 0.6) is 0 Å². The molecule has 26 heavy (non-hydrogen) atoms. The number of nitrogen functional groups attached to an aromatic ring is 1. The average Bonchev–Trinajstić information content (AvgIpc) is 2.64. The molecule has 3 rings (SSSR count). The van der Waals surface area contributed by atoms with Crippen molar-refractivity contribution in [3.63, 3.8) is 0 Å². The molecule has 0 saturated heterocycles. The largest absolute Gasteiger partial charge is 0.393 e. The summed E-state index contributed by atoms with van der Waals surface area (Å²) < 4.78 is 24.6. The van der Waals surface area contributed by atoms with E-state index < -0.39 is 10.0 Å². The second kappa shape index (κ2) is 7.33. The molecule has 10 heteroatoms. The monoisotopic (exact) mass is 371 g/mol. The van der Waals surface area contributed by atoms with Crippen LogP contribution in [-0.2, 0) is 10.0 Å². The number of anilines is 4. The maximum Gasteiger partial charge on any atom is 0.257 e. The fraction of sp³-hybridized carbons (Fsp3) is 0.0625. The van der Waals surface area contributed by atoms with Crippen molar-refractivity contribution in [2.24, 2.45) is 0 Å². The number of aryl methyl sites for hydroxylation is 1. The Bertz CT molecular complexity index is 993. The summed E-state index contributed by atoms with van der Waals surface area (Å²) in [5, 5.41) is 2.94. The van der Waals surface area contributed by atoms with Crippen molar-refractivity contribution in [2.45, 2.75) is 11.8 Å². The first-order chi connectivity index (χ1) is 12.5. The normalized spacial score (nSPS) is 11.1. The van der Waals surface area contributed by atoms with Crippen LogP contribution in [0.15, 0.2) is 59.9 Å². The molecule has 0 saturated carbocycles. The number of hydrogen-bond donors (Lipinski definition) is 4. The number of hydrogen-bond acceptors (Lipinski definition) is 8. The van der Waals surface area contributed by atoms with Gasteiger partial charge in [0.2, 0.25) is 0 Å². The Morgan fingerprint density at radius 2 is 1.69 bits per heavy atom. The maximum absolute atomic E-state index is 12.3. The van der Waals surface area contributed by atoms with E-state index in [1.54, 1.807) is 30.5 Å². The lowest BCUT2D eigenvalue weighted by molar-refractivity contribution is 0.587. The number of pyridine rings is 1. The highest BCUT2D eigenvalue weighted by atomic mass is 32.2. The Labute approximate surface area is 150 Å². The minimum absolute atomic E-state index is 0.120. The fourth-order valence-electron chi connectivity index (χ4n) is 2.04. The Balaban J connectivity index is 1.76. The van der Waals surface area contributed by atoms with E-state index in [9.17, 15) is 8.42 Å². The summed E-state index contributed by atoms with van der Waals surface area (Å²) >= 11 is 0. The number of nitrogens with two attached hydrogens (primary N) is 1. The molecule has 0 aliphatic carbocycles. The predicted molar refractivity (Wildman–Crippen MR) is 99.1 cm³/mol. The molecule has 134 valence electrons. The lowest BCUT2D eigenvalue weighted by Crippen LogP contribution is -2.30. The van der Waals surface area contributed by atoms with Crippen LogP contribution in [-0.4, -0.2) is 23.4 Å². The van der Waals surface area contributed by atoms with Crippen LogP contribution in [0.25, 0.3) is 0 Å². The second-order valence-corrected chi connectivity index (χ2v) is 7.05. The Kier molecular flexibility index (Phi) is 4.96. The topological polar surface area (TPSA) is 135 Å². The summed E-state index contributed by atoms with van der Waals surface area (Å²) in [5.41, 5.74) is 9.63. The van der Waals surface area contributed by atoms with Gasteiger partial charge in [0, 0.05) is 6.20 Å². The molecule has 9 nitrogen and oxygen atoms in total. The van der Waals surface area contributed by atoms with Gasteiger partial charge < -0.3 is 11.1 Å². The van der Waals surface area contributed by atoms with Crippen molar-refractivity contribution >= 4 is 33.2 Å². The number of hydrazine groups is 1. The number of sulfonamides is 1. The van der Waals surface area contributed by atoms with E-state index in [0.29, 0.717) is 11.6 Å². The minimum Gasteiger partial charge on any atom is -0.393 e. The highest BCUT2D eigenvalue weighted by Gasteiger charge is 2.15. The zero-order valence-electron chi connectivity index (χ0n) is 13.8. The molecule has 0 atom stereocenters. The Morgan fingerprint density at radius 1 is 0.962 bits per heavy atom. The lowest BCUT2D eigenvalue weighted by Gasteiger charge is -2.13. The summed E-state index contributed by atoms with van der Waals surface area (Å²) in [6, 6.07) is 11.8. The third kappa shape index (κ3) is 4.05. The van der Waals surface area contributed by atoms with E-state index in [-0.39, 0.29) is 16.4 Å². The number of aromatic nitrogens is 3. The molecule has 2 aromatic heterocycles. The summed E-state index contributed by atoms with van der Waals surface area (Å²) in [4.78, 5) is 14.5. The molecule has 0 radical (unpaired) electrons. The van der Waals surface area contributed by atoms with E-state index in [2.05, 4.69) is 30.5 Å². The van der Waals surface area contributed by atoms with Crippen LogP contribution in [0.3, 0.4) is 0 Å². The molecule has 0 amide bonds. The minimum atomic E-state index is -3.77. The average molecular weight is 371 g/mol. The zero-order valence-corrected chi connectivity index (χ0v) is 14.7. The van der Waals surface area contributed by atoms with Crippen molar-refractivity contribution in [2.75, 3.05) is 16.5 Å². The van der Waals surface area contributed by atoms with Gasteiger partial charge in [0.15, 0.2) is 11.6 Å². The highest BCUT2D eigenvalue weighted by molar-refractivity contribution is 7.89. The molecular weight excluding hydrogens is 354 g/mol. The summed E-state index contributed by atoms with van der Waals surface area (Å²) in [6.45, 7) is 1.87. The van der Waals surface area contributed by atoms with E-state index in [1.165, 1.54) is 18.5 Å². The molecule has 2 heterocycles. The van der Waals surface area contributed by atoms with E-state index in [4.69, 9.17) is 5.73 Å². The maximum atomic E-state index is 12.3. The van der Waals surface area contributed by atoms with Gasteiger partial charge in [-0.1, -0.05) is 23.8 Å². The summed E-state index contributed by atoms with van der Waals surface area (Å²) in [5.74, 6) is 0.967. The number of benzene rings is 1. The number of nitrogens with one attached hydrogen (secondary N) is 3. The molecule has 5 N–H and O–H groups in total. The Morgan fingerprint density at radius 3 is 2.38 bits per heavy atom. The molecule has 0 aliphatic heterocycles. The first-order valence-corrected chi connectivity index (χ1v) is 9.07. The van der Waals surface area contributed by atoms with Crippen LogP contribution >= 0.6 is 0 Å². The molecule has 0 fully saturated rings. The predicted octanol–water partition coefficient (Wildman–Crippen LogP) is 1.81. The van der Waals surface area contributed by atoms with Crippen LogP contribution in [0.1, 0.15) is 5.56 Å². The van der Waals surface area contributed by atoms with Crippen LogP contribution < -0.4 is 21.3 Å². The molecule has 0 unspecified atom stereocenters. The highest BCUT2D eigenvalue weighted by Crippen LogP contribution is 2.24. The van der Waals surface area contributed by atoms with Gasteiger partial charge in [-0.25, -0.2) is 23.4 Å². The number of rotatable bonds is 6. The van der Waals surface area contributed by atoms with Crippen LogP contribution in [0.4, 0.5) is 23.1 Å². The van der Waals surface area contributed by atoms with Gasteiger partial charge in [0.05, 0.1) is 4.90 Å². The van der Waals surface area contributed by atoms with Gasteiger partial charge in [-0.3, -0.25) is 5.43 Å². The van der Waals surface area contributed by atoms with Crippen LogP contribution in [0, 0.1) is 6.92 Å². The lowest BCUT2D eigenvalue weighted by atomic mass is 10.2. The molecule has 0 bridgehead atoms. The molecule has 0 aliphatic rings. The van der Waals surface area contributed by atoms with E-state index in [1.807, 2.05) is 13.0 Å². The quantitative estimate of drug-likeness (QED) is 0.482. The van der Waals surface area contributed by atoms with Crippen molar-refractivity contribution in [1.29, 1.82) is 0 Å². The van der Waals surface area contributed by atoms with Gasteiger partial charge >= 0.3 is 0 Å². The van der Waals surface area contributed by atoms with Gasteiger partial charge in [-0.05, 0) is 31.2 Å². The summed E-state index contributed by atoms with van der Waals surface area (Å²) in [7, 11) is -3.77. The smallest absolute Gasteiger partial charge is 0.257 e. The number of nitrogens with zero attached hydrogens (tertiary/aromatic N) is 3. The van der Waals surface area contributed by atoms with Crippen LogP contribution in [0.2, 0.25) is 0 Å². The van der Waals surface area contributed by atoms with E-state index in [0.717, 1.165) is 5.56 Å². The van der Waals surface area contributed by atoms with Crippen molar-refractivity contribution in [1.82, 2.24) is 19.8 Å². The fourth-order valence-corrected chi connectivity index (χ4v) is 2.89. The first-order valence-electron chi connectivity index (χ1n) is 7.59. The van der Waals surface area contributed by atoms with Crippen molar-refractivity contribution in [3.8, 4) is 0 Å². The Hall–Kier alpha value is -3.24. The molecular formula is C16H17N7O2S. The SMILES string of the molecule is Cc1ccc(S(=O)(=O)NNc2ncnc(Nc3ccccn3)c2N)cc1. The van der Waals surface area contributed by atoms with E-state index >= 15 is 0 Å². The van der Waals surface area contributed by atoms with Gasteiger partial charge in [0.25, 0.3) is 10.0 Å². The molecule has 1 aromatic carbocycles. The standard InChI is InChI=1S/C16H17N7O2S/c1-11-5-7-12(8-6-11)26(24,25)23-22-16-14(17)15(19-10-20-16)21-13-4-2-3-9-18-13/h2-10,23H,17H2,1H3,(H2,18,19,20,21,22). The van der Waals surface area contributed by atoms with Gasteiger partial charge in [0.1, 0.15) is 17.8 Å². The third-order valence-electron chi connectivity index (χ3n) is 3.43. The zero-order chi connectivity index (χ0) is 18.6. The molecule has 3 aromatic rings. The first kappa shape index (κ1) is 17.6. The van der Waals surface area contributed by atoms with Gasteiger partial charge in [-0.2, -0.15) is 0 Å². The third-order valence-corrected chi connectivity index (χ3v) is 4.69. The van der Waals surface area contributed by atoms with Crippen molar-refractivity contribution < 1.29 is 8.42 Å². The van der Waals surface area contributed by atoms with Crippen molar-refractivity contribution in [3.05, 3.63) is 60.6 Å². The second-order valence-electron chi connectivity index (χ2n) is 5.37. The summed E-state index contributed by atoms with van der Waals surface area (Å²) in [6.07, 6.45) is 2.87.